The molecule has 2 aromatic carbocycles. The highest BCUT2D eigenvalue weighted by Gasteiger charge is 2.39. The molecule has 5 rings (SSSR count). The van der Waals surface area contributed by atoms with Crippen LogP contribution in [0.3, 0.4) is 0 Å². The van der Waals surface area contributed by atoms with Crippen LogP contribution in [0, 0.1) is 0 Å². The fraction of sp³-hybridized carbons (Fsp3) is 0.387. The zero-order chi connectivity index (χ0) is 31.6. The van der Waals surface area contributed by atoms with Crippen LogP contribution in [-0.2, 0) is 35.4 Å². The molecule has 1 aliphatic heterocycles. The Kier molecular flexibility index (Phi) is 9.43. The molecule has 4 aromatic rings. The number of amides is 1. The molecule has 10 nitrogen and oxygen atoms in total. The van der Waals surface area contributed by atoms with Gasteiger partial charge in [0.2, 0.25) is 0 Å². The lowest BCUT2D eigenvalue weighted by molar-refractivity contribution is 0.0696. The minimum absolute atomic E-state index is 0.146. The average molecular weight is 660 g/mol. The number of rotatable bonds is 12. The molecule has 1 aliphatic rings. The molecule has 1 unspecified atom stereocenters. The number of ether oxygens (including phenoxy) is 3. The van der Waals surface area contributed by atoms with Crippen LogP contribution in [0.15, 0.2) is 48.8 Å². The van der Waals surface area contributed by atoms with Crippen molar-refractivity contribution in [1.82, 2.24) is 19.4 Å². The predicted octanol–water partition coefficient (Wildman–Crippen LogP) is 6.32. The summed E-state index contributed by atoms with van der Waals surface area (Å²) in [5.74, 6) is -0.301. The van der Waals surface area contributed by atoms with E-state index in [1.54, 1.807) is 42.1 Å². The molecule has 13 heteroatoms. The average Bonchev–Trinajstić information content (AvgIpc) is 3.72. The van der Waals surface area contributed by atoms with Crippen LogP contribution in [0.1, 0.15) is 38.7 Å². The van der Waals surface area contributed by atoms with E-state index in [0.717, 1.165) is 11.6 Å². The Hall–Kier alpha value is -3.35. The van der Waals surface area contributed by atoms with Crippen LogP contribution >= 0.6 is 23.2 Å². The van der Waals surface area contributed by atoms with E-state index in [1.165, 1.54) is 12.1 Å². The Bertz CT molecular complexity index is 1670. The maximum Gasteiger partial charge on any atom is 0.335 e. The molecule has 0 spiro atoms. The van der Waals surface area contributed by atoms with Crippen molar-refractivity contribution in [2.45, 2.75) is 51.0 Å². The number of halogens is 2. The van der Waals surface area contributed by atoms with Crippen LogP contribution in [0.5, 0.6) is 5.75 Å². The summed E-state index contributed by atoms with van der Waals surface area (Å²) in [6, 6.07) is 11.0. The smallest absolute Gasteiger partial charge is 0.335 e. The first-order valence-electron chi connectivity index (χ1n) is 14.3. The van der Waals surface area contributed by atoms with Crippen molar-refractivity contribution in [3.05, 3.63) is 81.5 Å². The molecule has 2 aromatic heterocycles. The molecule has 0 radical (unpaired) electrons. The second-order valence-electron chi connectivity index (χ2n) is 12.2. The zero-order valence-corrected chi connectivity index (χ0v) is 27.7. The van der Waals surface area contributed by atoms with Gasteiger partial charge in [0.25, 0.3) is 5.91 Å². The van der Waals surface area contributed by atoms with E-state index in [0.29, 0.717) is 54.5 Å². The maximum atomic E-state index is 13.7. The normalized spacial score (nSPS) is 16.9. The van der Waals surface area contributed by atoms with Crippen molar-refractivity contribution in [3.63, 3.8) is 0 Å². The number of nitrogens with zero attached hydrogens (tertiary/aromatic N) is 3. The monoisotopic (exact) mass is 658 g/mol. The first-order valence-corrected chi connectivity index (χ1v) is 18.8. The van der Waals surface area contributed by atoms with Crippen LogP contribution in [0.4, 0.5) is 0 Å². The lowest BCUT2D eigenvalue weighted by atomic mass is 9.88. The summed E-state index contributed by atoms with van der Waals surface area (Å²) in [4.78, 5) is 29.4. The van der Waals surface area contributed by atoms with Crippen LogP contribution in [0.25, 0.3) is 10.9 Å². The van der Waals surface area contributed by atoms with Gasteiger partial charge in [-0.3, -0.25) is 4.79 Å². The summed E-state index contributed by atoms with van der Waals surface area (Å²) in [6.45, 7) is 8.88. The second kappa shape index (κ2) is 12.9. The quantitative estimate of drug-likeness (QED) is 0.135. The van der Waals surface area contributed by atoms with E-state index in [9.17, 15) is 14.7 Å². The number of aryl methyl sites for hydroxylation is 1. The van der Waals surface area contributed by atoms with Crippen molar-refractivity contribution >= 4 is 54.1 Å². The molecular formula is C31H36Cl2N4O6Si. The number of carbonyl (C=O) groups is 2. The fourth-order valence-electron chi connectivity index (χ4n) is 5.16. The van der Waals surface area contributed by atoms with Gasteiger partial charge in [0.15, 0.2) is 0 Å². The lowest BCUT2D eigenvalue weighted by Crippen LogP contribution is -2.47. The van der Waals surface area contributed by atoms with Crippen molar-refractivity contribution < 1.29 is 28.9 Å². The zero-order valence-electron chi connectivity index (χ0n) is 25.2. The van der Waals surface area contributed by atoms with E-state index < -0.39 is 19.6 Å². The van der Waals surface area contributed by atoms with E-state index >= 15 is 0 Å². The largest absolute Gasteiger partial charge is 0.484 e. The van der Waals surface area contributed by atoms with Crippen LogP contribution in [0.2, 0.25) is 35.7 Å². The number of carbonyl (C=O) groups excluding carboxylic acids is 1. The molecular weight excluding hydrogens is 623 g/mol. The highest BCUT2D eigenvalue weighted by atomic mass is 35.5. The summed E-state index contributed by atoms with van der Waals surface area (Å²) < 4.78 is 21.3. The number of carboxylic acid groups (broad SMARTS) is 1. The minimum atomic E-state index is -1.18. The summed E-state index contributed by atoms with van der Waals surface area (Å²) in [6.07, 6.45) is 4.08. The highest BCUT2D eigenvalue weighted by Crippen LogP contribution is 2.40. The third kappa shape index (κ3) is 6.82. The van der Waals surface area contributed by atoms with Gasteiger partial charge in [0.05, 0.1) is 28.2 Å². The van der Waals surface area contributed by atoms with Gasteiger partial charge >= 0.3 is 5.97 Å². The van der Waals surface area contributed by atoms with E-state index in [-0.39, 0.29) is 34.7 Å². The molecule has 2 N–H and O–H groups in total. The number of imidazole rings is 1. The van der Waals surface area contributed by atoms with E-state index in [4.69, 9.17) is 37.4 Å². The van der Waals surface area contributed by atoms with Gasteiger partial charge in [0, 0.05) is 58.6 Å². The van der Waals surface area contributed by atoms with E-state index in [1.807, 2.05) is 10.8 Å². The molecule has 3 heterocycles. The third-order valence-electron chi connectivity index (χ3n) is 7.87. The molecule has 44 heavy (non-hydrogen) atoms. The first kappa shape index (κ1) is 32.1. The molecule has 234 valence electrons. The summed E-state index contributed by atoms with van der Waals surface area (Å²) in [5.41, 5.74) is 1.17. The van der Waals surface area contributed by atoms with Crippen molar-refractivity contribution in [3.8, 4) is 5.75 Å². The Labute approximate surface area is 266 Å². The van der Waals surface area contributed by atoms with Gasteiger partial charge < -0.3 is 33.8 Å². The molecule has 0 aliphatic carbocycles. The second-order valence-corrected chi connectivity index (χ2v) is 18.6. The highest BCUT2D eigenvalue weighted by molar-refractivity contribution is 6.76. The number of fused-ring (bicyclic) bond motifs is 1. The SMILES string of the molecule is Cn1c(C(=O)NC2(c3ccc(C(=O)O)cc3)CCOC2)cc2c(Cl)c(Cl)c(OCc3nccn3COCC[Si](C)(C)C)cc21. The minimum Gasteiger partial charge on any atom is -0.484 e. The Morgan fingerprint density at radius 3 is 2.57 bits per heavy atom. The predicted molar refractivity (Wildman–Crippen MR) is 172 cm³/mol. The maximum absolute atomic E-state index is 13.7. The number of aromatic carboxylic acids is 1. The van der Waals surface area contributed by atoms with E-state index in [2.05, 4.69) is 29.9 Å². The van der Waals surface area contributed by atoms with Crippen LogP contribution < -0.4 is 10.1 Å². The number of hydrogen-bond acceptors (Lipinski definition) is 6. The van der Waals surface area contributed by atoms with Crippen molar-refractivity contribution in [2.75, 3.05) is 19.8 Å². The van der Waals surface area contributed by atoms with Gasteiger partial charge in [0.1, 0.15) is 35.6 Å². The third-order valence-corrected chi connectivity index (χ3v) is 10.4. The van der Waals surface area contributed by atoms with Gasteiger partial charge in [-0.05, 0) is 29.8 Å². The first-order chi connectivity index (χ1) is 20.9. The Morgan fingerprint density at radius 2 is 1.91 bits per heavy atom. The van der Waals surface area contributed by atoms with Gasteiger partial charge in [-0.25, -0.2) is 9.78 Å². The summed E-state index contributed by atoms with van der Waals surface area (Å²) in [7, 11) is 0.590. The lowest BCUT2D eigenvalue weighted by Gasteiger charge is -2.29. The number of nitrogens with one attached hydrogen (secondary N) is 1. The molecule has 1 fully saturated rings. The molecule has 0 saturated carbocycles. The molecule has 0 bridgehead atoms. The van der Waals surface area contributed by atoms with Crippen LogP contribution in [-0.4, -0.2) is 59.0 Å². The number of aromatic nitrogens is 3. The van der Waals surface area contributed by atoms with Crippen molar-refractivity contribution in [1.29, 1.82) is 0 Å². The van der Waals surface area contributed by atoms with Gasteiger partial charge in [-0.15, -0.1) is 0 Å². The fourth-order valence-corrected chi connectivity index (χ4v) is 6.38. The number of hydrogen-bond donors (Lipinski definition) is 2. The number of carboxylic acids is 1. The molecule has 1 saturated heterocycles. The molecule has 1 atom stereocenters. The summed E-state index contributed by atoms with van der Waals surface area (Å²) in [5, 5.41) is 13.5. The van der Waals surface area contributed by atoms with Gasteiger partial charge in [-0.2, -0.15) is 0 Å². The topological polar surface area (TPSA) is 117 Å². The Morgan fingerprint density at radius 1 is 1.16 bits per heavy atom. The molecule has 1 amide bonds. The summed E-state index contributed by atoms with van der Waals surface area (Å²) >= 11 is 13.3. The Balaban J connectivity index is 1.34. The van der Waals surface area contributed by atoms with Gasteiger partial charge in [-0.1, -0.05) is 55.0 Å². The number of benzene rings is 2. The standard InChI is InChI=1S/C31H36Cl2N4O6Si/c1-36-23-16-25(43-17-26-34-10-11-37(26)19-42-13-14-44(2,3)4)28(33)27(32)22(23)15-24(36)29(38)35-31(9-12-41-18-31)21-7-5-20(6-8-21)30(39)40/h5-8,10-11,15-16H,9,12-14,17-19H2,1-4H3,(H,35,38)(H,39,40). The van der Waals surface area contributed by atoms with Crippen molar-refractivity contribution in [2.24, 2.45) is 7.05 Å².